The number of nitrogens with one attached hydrogen (secondary N) is 1. The molecule has 90 valence electrons. The zero-order chi connectivity index (χ0) is 11.2. The normalized spacial score (nSPS) is 18.6. The maximum absolute atomic E-state index is 4.29. The Hall–Kier alpha value is -0.830. The summed E-state index contributed by atoms with van der Waals surface area (Å²) in [5.74, 6) is 0. The van der Waals surface area contributed by atoms with E-state index in [1.165, 1.54) is 44.2 Å². The summed E-state index contributed by atoms with van der Waals surface area (Å²) in [5.41, 5.74) is 1.31. The highest BCUT2D eigenvalue weighted by Gasteiger charge is 2.12. The fraction of sp³-hybridized carbons (Fsp3) is 0.769. The van der Waals surface area contributed by atoms with Crippen LogP contribution in [0.15, 0.2) is 12.3 Å². The lowest BCUT2D eigenvalue weighted by Crippen LogP contribution is -2.28. The van der Waals surface area contributed by atoms with Gasteiger partial charge in [-0.1, -0.05) is 25.7 Å². The molecule has 1 fully saturated rings. The quantitative estimate of drug-likeness (QED) is 0.792. The van der Waals surface area contributed by atoms with Gasteiger partial charge < -0.3 is 5.32 Å². The van der Waals surface area contributed by atoms with Crippen molar-refractivity contribution in [1.82, 2.24) is 15.1 Å². The summed E-state index contributed by atoms with van der Waals surface area (Å²) in [6.07, 6.45) is 10.2. The van der Waals surface area contributed by atoms with Crippen LogP contribution in [0.2, 0.25) is 0 Å². The molecule has 1 saturated carbocycles. The zero-order valence-electron chi connectivity index (χ0n) is 10.3. The summed E-state index contributed by atoms with van der Waals surface area (Å²) in [7, 11) is 0. The van der Waals surface area contributed by atoms with E-state index in [-0.39, 0.29) is 0 Å². The van der Waals surface area contributed by atoms with Crippen LogP contribution in [0.3, 0.4) is 0 Å². The van der Waals surface area contributed by atoms with E-state index in [4.69, 9.17) is 0 Å². The van der Waals surface area contributed by atoms with Crippen molar-refractivity contribution in [2.24, 2.45) is 0 Å². The lowest BCUT2D eigenvalue weighted by atomic mass is 10.1. The molecule has 0 amide bonds. The fourth-order valence-electron chi connectivity index (χ4n) is 2.53. The van der Waals surface area contributed by atoms with E-state index in [1.54, 1.807) is 0 Å². The molecule has 0 spiro atoms. The molecule has 1 aromatic rings. The van der Waals surface area contributed by atoms with E-state index in [0.717, 1.165) is 19.1 Å². The van der Waals surface area contributed by atoms with Crippen molar-refractivity contribution in [2.45, 2.75) is 64.6 Å². The smallest absolute Gasteiger partial charge is 0.0522 e. The van der Waals surface area contributed by atoms with Crippen molar-refractivity contribution in [1.29, 1.82) is 0 Å². The lowest BCUT2D eigenvalue weighted by molar-refractivity contribution is 0.446. The SMILES string of the molecule is CCn1nccc1CNC1CCCCCC1. The number of hydrogen-bond donors (Lipinski definition) is 1. The minimum Gasteiger partial charge on any atom is -0.308 e. The highest BCUT2D eigenvalue weighted by molar-refractivity contribution is 5.00. The predicted molar refractivity (Wildman–Crippen MR) is 66.2 cm³/mol. The van der Waals surface area contributed by atoms with Gasteiger partial charge in [0.15, 0.2) is 0 Å². The predicted octanol–water partition coefficient (Wildman–Crippen LogP) is 2.72. The van der Waals surface area contributed by atoms with Crippen LogP contribution in [0.4, 0.5) is 0 Å². The van der Waals surface area contributed by atoms with E-state index in [9.17, 15) is 0 Å². The van der Waals surface area contributed by atoms with Crippen LogP contribution in [0.25, 0.3) is 0 Å². The van der Waals surface area contributed by atoms with Gasteiger partial charge in [0, 0.05) is 25.3 Å². The summed E-state index contributed by atoms with van der Waals surface area (Å²) in [6, 6.07) is 2.84. The van der Waals surface area contributed by atoms with E-state index < -0.39 is 0 Å². The minimum absolute atomic E-state index is 0.725. The summed E-state index contributed by atoms with van der Waals surface area (Å²) >= 11 is 0. The summed E-state index contributed by atoms with van der Waals surface area (Å²) < 4.78 is 2.07. The van der Waals surface area contributed by atoms with Gasteiger partial charge in [-0.15, -0.1) is 0 Å². The molecule has 3 nitrogen and oxygen atoms in total. The van der Waals surface area contributed by atoms with Gasteiger partial charge in [-0.3, -0.25) is 4.68 Å². The second-order valence-electron chi connectivity index (χ2n) is 4.71. The molecule has 0 saturated heterocycles. The molecule has 1 aliphatic rings. The highest BCUT2D eigenvalue weighted by Crippen LogP contribution is 2.17. The second kappa shape index (κ2) is 6.04. The first-order chi connectivity index (χ1) is 7.90. The third-order valence-corrected chi connectivity index (χ3v) is 3.53. The van der Waals surface area contributed by atoms with Gasteiger partial charge in [-0.2, -0.15) is 5.10 Å². The third kappa shape index (κ3) is 3.08. The molecule has 1 heterocycles. The first-order valence-electron chi connectivity index (χ1n) is 6.64. The average Bonchev–Trinajstić information content (AvgIpc) is 2.60. The minimum atomic E-state index is 0.725. The van der Waals surface area contributed by atoms with Crippen LogP contribution in [0.1, 0.15) is 51.1 Å². The molecule has 0 bridgehead atoms. The lowest BCUT2D eigenvalue weighted by Gasteiger charge is -2.16. The second-order valence-corrected chi connectivity index (χ2v) is 4.71. The van der Waals surface area contributed by atoms with Gasteiger partial charge >= 0.3 is 0 Å². The molecule has 1 N–H and O–H groups in total. The van der Waals surface area contributed by atoms with Crippen molar-refractivity contribution in [2.75, 3.05) is 0 Å². The first kappa shape index (κ1) is 11.6. The van der Waals surface area contributed by atoms with Crippen molar-refractivity contribution < 1.29 is 0 Å². The van der Waals surface area contributed by atoms with Crippen LogP contribution in [-0.2, 0) is 13.1 Å². The Labute approximate surface area is 98.2 Å². The van der Waals surface area contributed by atoms with Crippen molar-refractivity contribution in [3.8, 4) is 0 Å². The van der Waals surface area contributed by atoms with Crippen molar-refractivity contribution in [3.63, 3.8) is 0 Å². The molecular weight excluding hydrogens is 198 g/mol. The molecular formula is C13H23N3. The summed E-state index contributed by atoms with van der Waals surface area (Å²) in [6.45, 7) is 4.08. The molecule has 0 aromatic carbocycles. The van der Waals surface area contributed by atoms with Gasteiger partial charge in [0.05, 0.1) is 5.69 Å². The molecule has 0 radical (unpaired) electrons. The molecule has 0 atom stereocenters. The maximum Gasteiger partial charge on any atom is 0.0522 e. The number of rotatable bonds is 4. The van der Waals surface area contributed by atoms with Gasteiger partial charge in [-0.25, -0.2) is 0 Å². The molecule has 16 heavy (non-hydrogen) atoms. The molecule has 1 aromatic heterocycles. The molecule has 3 heteroatoms. The van der Waals surface area contributed by atoms with Crippen molar-refractivity contribution >= 4 is 0 Å². The summed E-state index contributed by atoms with van der Waals surface area (Å²) in [5, 5.41) is 7.97. The number of aryl methyl sites for hydroxylation is 1. The highest BCUT2D eigenvalue weighted by atomic mass is 15.3. The maximum atomic E-state index is 4.29. The van der Waals surface area contributed by atoms with E-state index >= 15 is 0 Å². The third-order valence-electron chi connectivity index (χ3n) is 3.53. The van der Waals surface area contributed by atoms with E-state index in [2.05, 4.69) is 28.1 Å². The van der Waals surface area contributed by atoms with Gasteiger partial charge in [0.2, 0.25) is 0 Å². The Morgan fingerprint density at radius 1 is 1.31 bits per heavy atom. The molecule has 0 aliphatic heterocycles. The average molecular weight is 221 g/mol. The topological polar surface area (TPSA) is 29.9 Å². The number of aromatic nitrogens is 2. The fourth-order valence-corrected chi connectivity index (χ4v) is 2.53. The van der Waals surface area contributed by atoms with Crippen LogP contribution in [-0.4, -0.2) is 15.8 Å². The van der Waals surface area contributed by atoms with Gasteiger partial charge in [0.25, 0.3) is 0 Å². The Balaban J connectivity index is 1.81. The summed E-state index contributed by atoms with van der Waals surface area (Å²) in [4.78, 5) is 0. The van der Waals surface area contributed by atoms with E-state index in [0.29, 0.717) is 0 Å². The van der Waals surface area contributed by atoms with Gasteiger partial charge in [0.1, 0.15) is 0 Å². The van der Waals surface area contributed by atoms with Crippen LogP contribution >= 0.6 is 0 Å². The molecule has 0 unspecified atom stereocenters. The molecule has 1 aliphatic carbocycles. The van der Waals surface area contributed by atoms with Crippen LogP contribution < -0.4 is 5.32 Å². The number of nitrogens with zero attached hydrogens (tertiary/aromatic N) is 2. The Morgan fingerprint density at radius 3 is 2.75 bits per heavy atom. The van der Waals surface area contributed by atoms with Crippen molar-refractivity contribution in [3.05, 3.63) is 18.0 Å². The van der Waals surface area contributed by atoms with Crippen LogP contribution in [0.5, 0.6) is 0 Å². The Morgan fingerprint density at radius 2 is 2.06 bits per heavy atom. The van der Waals surface area contributed by atoms with E-state index in [1.807, 2.05) is 6.20 Å². The standard InChI is InChI=1S/C13H23N3/c1-2-16-13(9-10-15-16)11-14-12-7-5-3-4-6-8-12/h9-10,12,14H,2-8,11H2,1H3. The Bertz CT molecular complexity index is 298. The Kier molecular flexibility index (Phi) is 4.40. The zero-order valence-corrected chi connectivity index (χ0v) is 10.3. The number of hydrogen-bond acceptors (Lipinski definition) is 2. The van der Waals surface area contributed by atoms with Crippen LogP contribution in [0, 0.1) is 0 Å². The monoisotopic (exact) mass is 221 g/mol. The first-order valence-corrected chi connectivity index (χ1v) is 6.64. The largest absolute Gasteiger partial charge is 0.308 e. The molecule has 2 rings (SSSR count). The van der Waals surface area contributed by atoms with Gasteiger partial charge in [-0.05, 0) is 25.8 Å².